The first kappa shape index (κ1) is 16.8. The van der Waals surface area contributed by atoms with E-state index in [1.165, 1.54) is 38.0 Å². The first-order valence-corrected chi connectivity index (χ1v) is 9.30. The Bertz CT molecular complexity index is 665. The molecular formula is C21H27NO3. The highest BCUT2D eigenvalue weighted by molar-refractivity contribution is 5.86. The number of aliphatic hydroxyl groups is 1. The molecule has 4 atom stereocenters. The van der Waals surface area contributed by atoms with E-state index in [9.17, 15) is 9.90 Å². The number of ether oxygens (including phenoxy) is 1. The van der Waals surface area contributed by atoms with Gasteiger partial charge in [0, 0.05) is 18.2 Å². The third-order valence-corrected chi connectivity index (χ3v) is 6.29. The normalized spacial score (nSPS) is 36.1. The Morgan fingerprint density at radius 1 is 1.24 bits per heavy atom. The van der Waals surface area contributed by atoms with Crippen LogP contribution in [0.3, 0.4) is 0 Å². The molecule has 0 spiro atoms. The molecule has 2 N–H and O–H groups in total. The molecule has 4 fully saturated rings. The van der Waals surface area contributed by atoms with Gasteiger partial charge in [-0.1, -0.05) is 24.3 Å². The van der Waals surface area contributed by atoms with Gasteiger partial charge in [0.15, 0.2) is 0 Å². The summed E-state index contributed by atoms with van der Waals surface area (Å²) in [6.07, 6.45) is 9.86. The van der Waals surface area contributed by atoms with Gasteiger partial charge >= 0.3 is 5.97 Å². The van der Waals surface area contributed by atoms with Gasteiger partial charge in [0.05, 0.1) is 12.7 Å². The number of benzene rings is 1. The maximum atomic E-state index is 11.1. The predicted octanol–water partition coefficient (Wildman–Crippen LogP) is 3.05. The number of rotatable bonds is 5. The summed E-state index contributed by atoms with van der Waals surface area (Å²) < 4.78 is 4.60. The lowest BCUT2D eigenvalue weighted by molar-refractivity contribution is -0.142. The monoisotopic (exact) mass is 341 g/mol. The smallest absolute Gasteiger partial charge is 0.330 e. The van der Waals surface area contributed by atoms with E-state index in [4.69, 9.17) is 0 Å². The number of hydrogen-bond donors (Lipinski definition) is 2. The Morgan fingerprint density at radius 2 is 1.92 bits per heavy atom. The summed E-state index contributed by atoms with van der Waals surface area (Å²) in [5.74, 6) is 1.06. The average molecular weight is 341 g/mol. The largest absolute Gasteiger partial charge is 0.466 e. The summed E-state index contributed by atoms with van der Waals surface area (Å²) >= 11 is 0. The zero-order valence-electron chi connectivity index (χ0n) is 14.8. The lowest BCUT2D eigenvalue weighted by Crippen LogP contribution is -2.64. The molecule has 4 aliphatic carbocycles. The Hall–Kier alpha value is -1.65. The van der Waals surface area contributed by atoms with Gasteiger partial charge < -0.3 is 15.2 Å². The Balaban J connectivity index is 1.39. The van der Waals surface area contributed by atoms with Crippen LogP contribution in [0.4, 0.5) is 0 Å². The molecule has 2 unspecified atom stereocenters. The number of carbonyl (C=O) groups is 1. The molecule has 4 nitrogen and oxygen atoms in total. The van der Waals surface area contributed by atoms with E-state index >= 15 is 0 Å². The van der Waals surface area contributed by atoms with Gasteiger partial charge in [0.1, 0.15) is 0 Å². The third kappa shape index (κ3) is 3.51. The summed E-state index contributed by atoms with van der Waals surface area (Å²) in [5.41, 5.74) is 1.93. The van der Waals surface area contributed by atoms with Crippen molar-refractivity contribution in [1.29, 1.82) is 0 Å². The first-order chi connectivity index (χ1) is 12.0. The lowest BCUT2D eigenvalue weighted by Gasteiger charge is -2.60. The van der Waals surface area contributed by atoms with E-state index in [1.54, 1.807) is 6.08 Å². The van der Waals surface area contributed by atoms with Gasteiger partial charge in [0.25, 0.3) is 0 Å². The second-order valence-electron chi connectivity index (χ2n) is 8.42. The lowest BCUT2D eigenvalue weighted by atomic mass is 9.51. The van der Waals surface area contributed by atoms with E-state index < -0.39 is 5.60 Å². The Morgan fingerprint density at radius 3 is 2.52 bits per heavy atom. The van der Waals surface area contributed by atoms with Gasteiger partial charge in [-0.2, -0.15) is 0 Å². The molecule has 4 saturated carbocycles. The molecule has 1 aromatic rings. The fourth-order valence-corrected chi connectivity index (χ4v) is 5.69. The van der Waals surface area contributed by atoms with Crippen LogP contribution in [0.1, 0.15) is 49.7 Å². The Labute approximate surface area is 149 Å². The van der Waals surface area contributed by atoms with Gasteiger partial charge in [-0.05, 0) is 67.6 Å². The highest BCUT2D eigenvalue weighted by Gasteiger charge is 2.56. The third-order valence-electron chi connectivity index (χ3n) is 6.29. The first-order valence-electron chi connectivity index (χ1n) is 9.30. The van der Waals surface area contributed by atoms with Crippen molar-refractivity contribution >= 4 is 12.0 Å². The molecule has 4 aliphatic rings. The number of hydrogen-bond acceptors (Lipinski definition) is 4. The van der Waals surface area contributed by atoms with Crippen molar-refractivity contribution in [3.63, 3.8) is 0 Å². The van der Waals surface area contributed by atoms with E-state index in [2.05, 4.69) is 22.2 Å². The minimum atomic E-state index is -0.417. The van der Waals surface area contributed by atoms with Crippen molar-refractivity contribution in [1.82, 2.24) is 5.32 Å². The molecule has 1 aromatic carbocycles. The number of nitrogens with one attached hydrogen (secondary N) is 1. The van der Waals surface area contributed by atoms with Crippen LogP contribution in [0.15, 0.2) is 30.3 Å². The van der Waals surface area contributed by atoms with Crippen molar-refractivity contribution in [2.75, 3.05) is 7.11 Å². The summed E-state index contributed by atoms with van der Waals surface area (Å²) in [6, 6.07) is 8.23. The molecule has 0 amide bonds. The molecule has 134 valence electrons. The predicted molar refractivity (Wildman–Crippen MR) is 96.7 cm³/mol. The Kier molecular flexibility index (Phi) is 4.20. The van der Waals surface area contributed by atoms with Crippen molar-refractivity contribution in [2.45, 2.75) is 56.2 Å². The zero-order chi connectivity index (χ0) is 17.5. The highest BCUT2D eigenvalue weighted by Crippen LogP contribution is 2.57. The summed E-state index contributed by atoms with van der Waals surface area (Å²) in [7, 11) is 1.38. The maximum Gasteiger partial charge on any atom is 0.330 e. The minimum Gasteiger partial charge on any atom is -0.466 e. The van der Waals surface area contributed by atoms with Crippen LogP contribution >= 0.6 is 0 Å². The SMILES string of the molecule is COC(=O)/C=C/c1ccc(CNC23C[C@@H]4C[C@@H](CC(O)(C4)C2)C3)cc1. The van der Waals surface area contributed by atoms with Crippen LogP contribution in [-0.4, -0.2) is 29.3 Å². The van der Waals surface area contributed by atoms with Gasteiger partial charge in [-0.25, -0.2) is 4.79 Å². The second kappa shape index (κ2) is 6.26. The van der Waals surface area contributed by atoms with Crippen molar-refractivity contribution in [3.05, 3.63) is 41.5 Å². The van der Waals surface area contributed by atoms with Crippen molar-refractivity contribution in [3.8, 4) is 0 Å². The van der Waals surface area contributed by atoms with Crippen LogP contribution in [0.5, 0.6) is 0 Å². The second-order valence-corrected chi connectivity index (χ2v) is 8.42. The van der Waals surface area contributed by atoms with Gasteiger partial charge in [-0.15, -0.1) is 0 Å². The van der Waals surface area contributed by atoms with E-state index in [0.29, 0.717) is 11.8 Å². The minimum absolute atomic E-state index is 0.127. The number of esters is 1. The molecule has 0 saturated heterocycles. The molecule has 0 aliphatic heterocycles. The van der Waals surface area contributed by atoms with Gasteiger partial charge in [0.2, 0.25) is 0 Å². The van der Waals surface area contributed by atoms with E-state index in [1.807, 2.05) is 12.1 Å². The molecule has 25 heavy (non-hydrogen) atoms. The fourth-order valence-electron chi connectivity index (χ4n) is 5.69. The standard InChI is InChI=1S/C21H27NO3/c1-25-19(23)7-6-15-2-4-16(5-3-15)13-22-20-9-17-8-18(10-20)12-21(24,11-17)14-20/h2-7,17-18,22,24H,8-14H2,1H3/b7-6+/t17-,18+,20?,21?. The van der Waals surface area contributed by atoms with Gasteiger partial charge in [-0.3, -0.25) is 0 Å². The van der Waals surface area contributed by atoms with E-state index in [0.717, 1.165) is 31.4 Å². The molecule has 0 radical (unpaired) electrons. The number of methoxy groups -OCH3 is 1. The van der Waals surface area contributed by atoms with Crippen LogP contribution in [0.2, 0.25) is 0 Å². The molecule has 4 heteroatoms. The molecule has 0 heterocycles. The maximum absolute atomic E-state index is 11.1. The summed E-state index contributed by atoms with van der Waals surface area (Å²) in [5, 5.41) is 14.6. The molecule has 0 aromatic heterocycles. The topological polar surface area (TPSA) is 58.6 Å². The van der Waals surface area contributed by atoms with Crippen LogP contribution < -0.4 is 5.32 Å². The van der Waals surface area contributed by atoms with Crippen molar-refractivity contribution < 1.29 is 14.6 Å². The number of carbonyl (C=O) groups excluding carboxylic acids is 1. The quantitative estimate of drug-likeness (QED) is 0.638. The van der Waals surface area contributed by atoms with Crippen molar-refractivity contribution in [2.24, 2.45) is 11.8 Å². The molecule has 4 bridgehead atoms. The fraction of sp³-hybridized carbons (Fsp3) is 0.571. The van der Waals surface area contributed by atoms with E-state index in [-0.39, 0.29) is 11.5 Å². The van der Waals surface area contributed by atoms with Crippen LogP contribution in [0, 0.1) is 11.8 Å². The zero-order valence-corrected chi connectivity index (χ0v) is 14.8. The van der Waals surface area contributed by atoms with Crippen LogP contribution in [-0.2, 0) is 16.1 Å². The molecular weight excluding hydrogens is 314 g/mol. The summed E-state index contributed by atoms with van der Waals surface area (Å²) in [6.45, 7) is 0.830. The summed E-state index contributed by atoms with van der Waals surface area (Å²) in [4.78, 5) is 11.1. The van der Waals surface area contributed by atoms with Crippen LogP contribution in [0.25, 0.3) is 6.08 Å². The molecule has 5 rings (SSSR count). The average Bonchev–Trinajstić information content (AvgIpc) is 2.56. The highest BCUT2D eigenvalue weighted by atomic mass is 16.5.